The fourth-order valence-corrected chi connectivity index (χ4v) is 1.80. The van der Waals surface area contributed by atoms with E-state index < -0.39 is 0 Å². The second kappa shape index (κ2) is 5.96. The lowest BCUT2D eigenvalue weighted by Crippen LogP contribution is -2.35. The largest absolute Gasteiger partial charge is 0.388 e. The average molecular weight is 251 g/mol. The van der Waals surface area contributed by atoms with Crippen LogP contribution in [0.15, 0.2) is 18.2 Å². The highest BCUT2D eigenvalue weighted by Crippen LogP contribution is 2.16. The third kappa shape index (κ3) is 3.97. The van der Waals surface area contributed by atoms with Crippen molar-refractivity contribution in [3.8, 4) is 0 Å². The smallest absolute Gasteiger partial charge is 0.129 e. The molecule has 1 rings (SSSR count). The Hall–Kier alpha value is -1.16. The fraction of sp³-hybridized carbons (Fsp3) is 0.538. The van der Waals surface area contributed by atoms with Crippen molar-refractivity contribution >= 4 is 23.0 Å². The van der Waals surface area contributed by atoms with Crippen LogP contribution in [0.2, 0.25) is 0 Å². The van der Waals surface area contributed by atoms with Gasteiger partial charge < -0.3 is 10.6 Å². The van der Waals surface area contributed by atoms with E-state index in [1.54, 1.807) is 0 Å². The number of hydrogen-bond acceptors (Lipinski definition) is 3. The highest BCUT2D eigenvalue weighted by Gasteiger charge is 2.14. The van der Waals surface area contributed by atoms with E-state index in [0.29, 0.717) is 22.6 Å². The van der Waals surface area contributed by atoms with Gasteiger partial charge in [0.25, 0.3) is 0 Å². The van der Waals surface area contributed by atoms with Crippen molar-refractivity contribution in [2.45, 2.75) is 33.7 Å². The van der Waals surface area contributed by atoms with E-state index in [-0.39, 0.29) is 0 Å². The van der Waals surface area contributed by atoms with Crippen LogP contribution < -0.4 is 10.6 Å². The number of nitrogens with zero attached hydrogens (tertiary/aromatic N) is 2. The Labute approximate surface area is 109 Å². The number of rotatable bonds is 5. The Morgan fingerprint density at radius 1 is 1.35 bits per heavy atom. The summed E-state index contributed by atoms with van der Waals surface area (Å²) in [5.74, 6) is 1.53. The first-order valence-electron chi connectivity index (χ1n) is 5.95. The first-order chi connectivity index (χ1) is 7.91. The van der Waals surface area contributed by atoms with Crippen molar-refractivity contribution in [3.63, 3.8) is 0 Å². The number of nitrogens with two attached hydrogens (primary N) is 1. The molecule has 0 fully saturated rings. The lowest BCUT2D eigenvalue weighted by molar-refractivity contribution is 0.566. The fourth-order valence-electron chi connectivity index (χ4n) is 1.68. The summed E-state index contributed by atoms with van der Waals surface area (Å²) in [4.78, 5) is 7.12. The number of thiocarbonyl (C=S) groups is 1. The van der Waals surface area contributed by atoms with Crippen LogP contribution in [-0.4, -0.2) is 22.6 Å². The number of anilines is 1. The first kappa shape index (κ1) is 13.9. The third-order valence-corrected chi connectivity index (χ3v) is 2.68. The highest BCUT2D eigenvalue weighted by molar-refractivity contribution is 7.80. The predicted molar refractivity (Wildman–Crippen MR) is 77.4 cm³/mol. The van der Waals surface area contributed by atoms with E-state index in [1.807, 2.05) is 18.2 Å². The Bertz CT molecular complexity index is 388. The van der Waals surface area contributed by atoms with Gasteiger partial charge in [-0.3, -0.25) is 0 Å². The second-order valence-corrected chi connectivity index (χ2v) is 5.33. The average Bonchev–Trinajstić information content (AvgIpc) is 2.25. The molecule has 3 nitrogen and oxygen atoms in total. The molecule has 0 aliphatic heterocycles. The monoisotopic (exact) mass is 251 g/mol. The van der Waals surface area contributed by atoms with Crippen molar-refractivity contribution in [1.82, 2.24) is 4.98 Å². The predicted octanol–water partition coefficient (Wildman–Crippen LogP) is 2.59. The molecular formula is C13H21N3S. The maximum atomic E-state index is 5.61. The molecule has 17 heavy (non-hydrogen) atoms. The van der Waals surface area contributed by atoms with E-state index in [1.165, 1.54) is 0 Å². The third-order valence-electron chi connectivity index (χ3n) is 2.47. The van der Waals surface area contributed by atoms with Crippen LogP contribution in [0.1, 0.15) is 33.4 Å². The van der Waals surface area contributed by atoms with Crippen LogP contribution in [0.25, 0.3) is 0 Å². The quantitative estimate of drug-likeness (QED) is 0.817. The normalized spacial score (nSPS) is 10.9. The lowest BCUT2D eigenvalue weighted by Gasteiger charge is -2.29. The Morgan fingerprint density at radius 3 is 2.47 bits per heavy atom. The molecule has 0 radical (unpaired) electrons. The van der Waals surface area contributed by atoms with Gasteiger partial charge in [-0.25, -0.2) is 4.98 Å². The molecule has 0 aliphatic carbocycles. The van der Waals surface area contributed by atoms with Gasteiger partial charge in [0.2, 0.25) is 0 Å². The summed E-state index contributed by atoms with van der Waals surface area (Å²) in [6.07, 6.45) is 0. The molecule has 0 atom stereocenters. The summed E-state index contributed by atoms with van der Waals surface area (Å²) in [5, 5.41) is 0. The van der Waals surface area contributed by atoms with E-state index in [4.69, 9.17) is 18.0 Å². The molecule has 94 valence electrons. The number of pyridine rings is 1. The molecule has 4 heteroatoms. The van der Waals surface area contributed by atoms with Crippen molar-refractivity contribution in [3.05, 3.63) is 23.9 Å². The summed E-state index contributed by atoms with van der Waals surface area (Å²) in [7, 11) is 0. The van der Waals surface area contributed by atoms with Crippen LogP contribution in [0.5, 0.6) is 0 Å². The van der Waals surface area contributed by atoms with Crippen LogP contribution in [-0.2, 0) is 0 Å². The molecule has 0 saturated carbocycles. The summed E-state index contributed by atoms with van der Waals surface area (Å²) in [5.41, 5.74) is 6.30. The standard InChI is InChI=1S/C13H21N3S/c1-9(2)8-16(10(3)4)12-7-5-6-11(15-12)13(14)17/h5-7,9-10H,8H2,1-4H3,(H2,14,17). The summed E-state index contributed by atoms with van der Waals surface area (Å²) < 4.78 is 0. The highest BCUT2D eigenvalue weighted by atomic mass is 32.1. The van der Waals surface area contributed by atoms with Crippen LogP contribution in [0.4, 0.5) is 5.82 Å². The zero-order valence-corrected chi connectivity index (χ0v) is 11.8. The SMILES string of the molecule is CC(C)CN(c1cccc(C(N)=S)n1)C(C)C. The molecular weight excluding hydrogens is 230 g/mol. The molecule has 0 bridgehead atoms. The molecule has 2 N–H and O–H groups in total. The lowest BCUT2D eigenvalue weighted by atomic mass is 10.1. The van der Waals surface area contributed by atoms with E-state index in [0.717, 1.165) is 12.4 Å². The molecule has 0 aromatic carbocycles. The summed E-state index contributed by atoms with van der Waals surface area (Å²) in [6.45, 7) is 9.71. The van der Waals surface area contributed by atoms with Gasteiger partial charge in [0.15, 0.2) is 0 Å². The van der Waals surface area contributed by atoms with Crippen molar-refractivity contribution in [1.29, 1.82) is 0 Å². The van der Waals surface area contributed by atoms with Crippen molar-refractivity contribution in [2.75, 3.05) is 11.4 Å². The molecule has 1 aromatic heterocycles. The minimum atomic E-state index is 0.347. The Morgan fingerprint density at radius 2 is 2.00 bits per heavy atom. The van der Waals surface area contributed by atoms with Gasteiger partial charge in [-0.1, -0.05) is 32.1 Å². The second-order valence-electron chi connectivity index (χ2n) is 4.89. The van der Waals surface area contributed by atoms with Crippen molar-refractivity contribution < 1.29 is 0 Å². The van der Waals surface area contributed by atoms with E-state index in [2.05, 4.69) is 37.6 Å². The minimum absolute atomic E-state index is 0.347. The zero-order chi connectivity index (χ0) is 13.0. The summed E-state index contributed by atoms with van der Waals surface area (Å²) in [6, 6.07) is 6.21. The van der Waals surface area contributed by atoms with Gasteiger partial charge in [0.1, 0.15) is 10.8 Å². The molecule has 0 saturated heterocycles. The van der Waals surface area contributed by atoms with Gasteiger partial charge in [0, 0.05) is 12.6 Å². The number of aromatic nitrogens is 1. The molecule has 0 unspecified atom stereocenters. The van der Waals surface area contributed by atoms with Crippen LogP contribution in [0.3, 0.4) is 0 Å². The Balaban J connectivity index is 3.01. The van der Waals surface area contributed by atoms with Gasteiger partial charge >= 0.3 is 0 Å². The maximum absolute atomic E-state index is 5.61. The van der Waals surface area contributed by atoms with E-state index >= 15 is 0 Å². The van der Waals surface area contributed by atoms with E-state index in [9.17, 15) is 0 Å². The van der Waals surface area contributed by atoms with Gasteiger partial charge in [-0.15, -0.1) is 0 Å². The van der Waals surface area contributed by atoms with Gasteiger partial charge in [-0.2, -0.15) is 0 Å². The van der Waals surface area contributed by atoms with Crippen molar-refractivity contribution in [2.24, 2.45) is 11.7 Å². The Kier molecular flexibility index (Phi) is 4.87. The first-order valence-corrected chi connectivity index (χ1v) is 6.36. The maximum Gasteiger partial charge on any atom is 0.129 e. The molecule has 0 amide bonds. The topological polar surface area (TPSA) is 42.1 Å². The molecule has 0 aliphatic rings. The van der Waals surface area contributed by atoms with Crippen LogP contribution in [0, 0.1) is 5.92 Å². The van der Waals surface area contributed by atoms with Crippen LogP contribution >= 0.6 is 12.2 Å². The summed E-state index contributed by atoms with van der Waals surface area (Å²) >= 11 is 4.96. The van der Waals surface area contributed by atoms with Gasteiger partial charge in [-0.05, 0) is 31.9 Å². The molecule has 1 heterocycles. The zero-order valence-electron chi connectivity index (χ0n) is 11.0. The minimum Gasteiger partial charge on any atom is -0.388 e. The molecule has 0 spiro atoms. The van der Waals surface area contributed by atoms with Gasteiger partial charge in [0.05, 0.1) is 5.69 Å². The number of hydrogen-bond donors (Lipinski definition) is 1. The molecule has 1 aromatic rings.